The molecule has 0 unspecified atom stereocenters. The fourth-order valence-electron chi connectivity index (χ4n) is 2.09. The van der Waals surface area contributed by atoms with Crippen molar-refractivity contribution in [1.29, 1.82) is 0 Å². The quantitative estimate of drug-likeness (QED) is 0.786. The van der Waals surface area contributed by atoms with E-state index in [1.807, 2.05) is 66.7 Å². The topological polar surface area (TPSA) is 17.1 Å². The molecular formula is C18H12O. The molecule has 0 atom stereocenters. The fraction of sp³-hybridized carbons (Fsp3) is 0. The lowest BCUT2D eigenvalue weighted by molar-refractivity contribution is -0.110. The van der Waals surface area contributed by atoms with Gasteiger partial charge in [0.15, 0.2) is 5.78 Å². The largest absolute Gasteiger partial charge is 0.293 e. The minimum atomic E-state index is 0.00545. The van der Waals surface area contributed by atoms with E-state index in [-0.39, 0.29) is 5.78 Å². The van der Waals surface area contributed by atoms with Gasteiger partial charge >= 0.3 is 0 Å². The average Bonchev–Trinajstić information content (AvgIpc) is 2.49. The van der Waals surface area contributed by atoms with Gasteiger partial charge in [-0.15, -0.1) is 0 Å². The lowest BCUT2D eigenvalue weighted by Crippen LogP contribution is -2.06. The zero-order valence-corrected chi connectivity index (χ0v) is 10.3. The molecule has 0 spiro atoms. The summed E-state index contributed by atoms with van der Waals surface area (Å²) < 4.78 is 0. The van der Waals surface area contributed by atoms with Crippen molar-refractivity contribution in [3.63, 3.8) is 0 Å². The van der Waals surface area contributed by atoms with Crippen LogP contribution in [-0.4, -0.2) is 5.78 Å². The lowest BCUT2D eigenvalue weighted by Gasteiger charge is -2.12. The van der Waals surface area contributed by atoms with E-state index >= 15 is 0 Å². The normalized spacial score (nSPS) is 14.8. The molecule has 1 nitrogen and oxygen atoms in total. The molecule has 0 bridgehead atoms. The van der Waals surface area contributed by atoms with Crippen molar-refractivity contribution in [2.75, 3.05) is 0 Å². The second kappa shape index (κ2) is 5.07. The number of allylic oxidation sites excluding steroid dienone is 4. The summed E-state index contributed by atoms with van der Waals surface area (Å²) in [6, 6.07) is 19.6. The summed E-state index contributed by atoms with van der Waals surface area (Å²) in [7, 11) is 0. The van der Waals surface area contributed by atoms with E-state index in [2.05, 4.69) is 6.08 Å². The first-order chi connectivity index (χ1) is 9.34. The van der Waals surface area contributed by atoms with Crippen LogP contribution in [0.15, 0.2) is 66.7 Å². The Morgan fingerprint density at radius 3 is 1.95 bits per heavy atom. The molecule has 0 saturated heterocycles. The predicted octanol–water partition coefficient (Wildman–Crippen LogP) is 3.74. The Bertz CT molecular complexity index is 649. The van der Waals surface area contributed by atoms with Crippen LogP contribution in [0.3, 0.4) is 0 Å². The van der Waals surface area contributed by atoms with Crippen LogP contribution in [0.1, 0.15) is 11.1 Å². The van der Waals surface area contributed by atoms with Crippen molar-refractivity contribution in [3.8, 4) is 0 Å². The Morgan fingerprint density at radius 2 is 1.32 bits per heavy atom. The smallest absolute Gasteiger partial charge is 0.172 e. The maximum absolute atomic E-state index is 12.0. The van der Waals surface area contributed by atoms with E-state index in [1.54, 1.807) is 6.42 Å². The van der Waals surface area contributed by atoms with E-state index in [1.165, 1.54) is 0 Å². The molecule has 2 aromatic rings. The molecule has 0 amide bonds. The minimum Gasteiger partial charge on any atom is -0.293 e. The number of rotatable bonds is 2. The molecule has 90 valence electrons. The van der Waals surface area contributed by atoms with Crippen LogP contribution >= 0.6 is 0 Å². The Hall–Kier alpha value is -2.41. The van der Waals surface area contributed by atoms with Crippen molar-refractivity contribution in [2.24, 2.45) is 0 Å². The van der Waals surface area contributed by atoms with Crippen LogP contribution < -0.4 is 0 Å². The van der Waals surface area contributed by atoms with E-state index < -0.39 is 0 Å². The first kappa shape index (κ1) is 11.7. The van der Waals surface area contributed by atoms with Gasteiger partial charge in [0.2, 0.25) is 0 Å². The highest BCUT2D eigenvalue weighted by Crippen LogP contribution is 2.27. The second-order valence-corrected chi connectivity index (χ2v) is 4.34. The van der Waals surface area contributed by atoms with Crippen molar-refractivity contribution < 1.29 is 4.79 Å². The summed E-state index contributed by atoms with van der Waals surface area (Å²) in [4.78, 5) is 12.0. The third-order valence-electron chi connectivity index (χ3n) is 3.05. The van der Waals surface area contributed by atoms with Gasteiger partial charge in [-0.05, 0) is 16.7 Å². The monoisotopic (exact) mass is 244 g/mol. The summed E-state index contributed by atoms with van der Waals surface area (Å²) in [5, 5.41) is 0. The number of carbonyl (C=O) groups is 1. The maximum atomic E-state index is 12.0. The van der Waals surface area contributed by atoms with Crippen molar-refractivity contribution in [3.05, 3.63) is 90.4 Å². The Morgan fingerprint density at radius 1 is 0.737 bits per heavy atom. The van der Waals surface area contributed by atoms with Crippen molar-refractivity contribution in [2.45, 2.75) is 0 Å². The molecule has 0 fully saturated rings. The standard InChI is InChI=1S/C18H12O/c19-18-12-11-16(14-7-3-1-4-8-14)13-17(18)15-9-5-2-6-10-15/h1-12H. The van der Waals surface area contributed by atoms with E-state index in [9.17, 15) is 4.79 Å². The van der Waals surface area contributed by atoms with Crippen LogP contribution in [0, 0.1) is 12.5 Å². The molecule has 1 aliphatic rings. The molecule has 0 aromatic heterocycles. The Kier molecular flexibility index (Phi) is 3.11. The van der Waals surface area contributed by atoms with Crippen molar-refractivity contribution >= 4 is 16.9 Å². The first-order valence-electron chi connectivity index (χ1n) is 6.19. The molecule has 19 heavy (non-hydrogen) atoms. The number of carbonyl (C=O) groups excluding carboxylic acids is 1. The maximum Gasteiger partial charge on any atom is 0.172 e. The van der Waals surface area contributed by atoms with Gasteiger partial charge in [0, 0.05) is 11.6 Å². The molecule has 2 aromatic carbocycles. The fourth-order valence-corrected chi connectivity index (χ4v) is 2.09. The highest BCUT2D eigenvalue weighted by atomic mass is 16.1. The number of ketones is 1. The molecule has 0 aliphatic heterocycles. The molecule has 2 radical (unpaired) electrons. The summed E-state index contributed by atoms with van der Waals surface area (Å²) in [5.41, 5.74) is 3.55. The van der Waals surface area contributed by atoms with Gasteiger partial charge in [-0.1, -0.05) is 66.7 Å². The predicted molar refractivity (Wildman–Crippen MR) is 76.8 cm³/mol. The molecule has 3 rings (SSSR count). The second-order valence-electron chi connectivity index (χ2n) is 4.34. The Balaban J connectivity index is 2.02. The van der Waals surface area contributed by atoms with Gasteiger partial charge in [0.1, 0.15) is 0 Å². The molecule has 1 aliphatic carbocycles. The summed E-state index contributed by atoms with van der Waals surface area (Å²) in [5.74, 6) is 0.00545. The summed E-state index contributed by atoms with van der Waals surface area (Å²) in [6.45, 7) is 0. The zero-order valence-electron chi connectivity index (χ0n) is 10.3. The zero-order chi connectivity index (χ0) is 13.1. The van der Waals surface area contributed by atoms with Gasteiger partial charge in [-0.2, -0.15) is 0 Å². The van der Waals surface area contributed by atoms with E-state index in [0.717, 1.165) is 16.7 Å². The average molecular weight is 244 g/mol. The highest BCUT2D eigenvalue weighted by Gasteiger charge is 2.17. The van der Waals surface area contributed by atoms with Gasteiger partial charge in [-0.25, -0.2) is 0 Å². The lowest BCUT2D eigenvalue weighted by atomic mass is 9.90. The molecular weight excluding hydrogens is 232 g/mol. The number of hydrogen-bond acceptors (Lipinski definition) is 1. The van der Waals surface area contributed by atoms with Crippen LogP contribution in [0.25, 0.3) is 11.1 Å². The SMILES string of the molecule is O=C1[CH]C=C(c2ccccc2)[C]=C1c1ccccc1. The van der Waals surface area contributed by atoms with E-state index in [0.29, 0.717) is 5.57 Å². The summed E-state index contributed by atoms with van der Waals surface area (Å²) in [6.07, 6.45) is 6.67. The molecule has 1 heteroatoms. The Labute approximate surface area is 112 Å². The number of hydrogen-bond donors (Lipinski definition) is 0. The minimum absolute atomic E-state index is 0.00545. The number of Topliss-reactive ketones (excluding diaryl/α,β-unsaturated/α-hetero) is 1. The van der Waals surface area contributed by atoms with Crippen LogP contribution in [0.5, 0.6) is 0 Å². The number of benzene rings is 2. The van der Waals surface area contributed by atoms with Crippen LogP contribution in [0.2, 0.25) is 0 Å². The van der Waals surface area contributed by atoms with Gasteiger partial charge in [0.25, 0.3) is 0 Å². The summed E-state index contributed by atoms with van der Waals surface area (Å²) >= 11 is 0. The van der Waals surface area contributed by atoms with Gasteiger partial charge < -0.3 is 0 Å². The third kappa shape index (κ3) is 2.41. The molecule has 0 heterocycles. The van der Waals surface area contributed by atoms with E-state index in [4.69, 9.17) is 0 Å². The third-order valence-corrected chi connectivity index (χ3v) is 3.05. The van der Waals surface area contributed by atoms with Gasteiger partial charge in [0.05, 0.1) is 6.42 Å². The highest BCUT2D eigenvalue weighted by molar-refractivity contribution is 6.28. The first-order valence-corrected chi connectivity index (χ1v) is 6.19. The van der Waals surface area contributed by atoms with Crippen molar-refractivity contribution in [1.82, 2.24) is 0 Å². The molecule has 0 saturated carbocycles. The van der Waals surface area contributed by atoms with Crippen LogP contribution in [-0.2, 0) is 4.79 Å². The van der Waals surface area contributed by atoms with Gasteiger partial charge in [-0.3, -0.25) is 4.79 Å². The molecule has 0 N–H and O–H groups in total. The van der Waals surface area contributed by atoms with Crippen LogP contribution in [0.4, 0.5) is 0 Å².